The predicted octanol–water partition coefficient (Wildman–Crippen LogP) is 2.32. The fraction of sp³-hybridized carbons (Fsp3) is 0.429. The number of nitro benzene ring substituents is 1. The zero-order chi connectivity index (χ0) is 15.1. The third-order valence-electron chi connectivity index (χ3n) is 3.26. The Kier molecular flexibility index (Phi) is 5.39. The van der Waals surface area contributed by atoms with Crippen molar-refractivity contribution in [3.63, 3.8) is 0 Å². The van der Waals surface area contributed by atoms with Gasteiger partial charge in [0.2, 0.25) is 0 Å². The molecule has 1 aromatic heterocycles. The van der Waals surface area contributed by atoms with Gasteiger partial charge in [0.15, 0.2) is 0 Å². The fourth-order valence-electron chi connectivity index (χ4n) is 2.24. The maximum Gasteiger partial charge on any atom is 0.269 e. The number of benzene rings is 1. The average Bonchev–Trinajstić information content (AvgIpc) is 3.00. The molecule has 7 nitrogen and oxygen atoms in total. The molecule has 0 bridgehead atoms. The van der Waals surface area contributed by atoms with Crippen LogP contribution in [0.2, 0.25) is 0 Å². The smallest absolute Gasteiger partial charge is 0.269 e. The first-order valence-corrected chi connectivity index (χ1v) is 7.02. The molecule has 1 unspecified atom stereocenters. The molecular formula is C14H19N5O2. The van der Waals surface area contributed by atoms with Gasteiger partial charge in [-0.2, -0.15) is 0 Å². The minimum atomic E-state index is -0.359. The van der Waals surface area contributed by atoms with Crippen molar-refractivity contribution in [2.75, 3.05) is 6.54 Å². The van der Waals surface area contributed by atoms with E-state index in [1.807, 2.05) is 12.3 Å². The van der Waals surface area contributed by atoms with Crippen LogP contribution in [0.5, 0.6) is 0 Å². The van der Waals surface area contributed by atoms with E-state index in [-0.39, 0.29) is 16.7 Å². The highest BCUT2D eigenvalue weighted by Gasteiger charge is 2.13. The van der Waals surface area contributed by atoms with E-state index < -0.39 is 0 Å². The lowest BCUT2D eigenvalue weighted by atomic mass is 10.0. The summed E-state index contributed by atoms with van der Waals surface area (Å²) in [7, 11) is 0. The van der Waals surface area contributed by atoms with Crippen molar-refractivity contribution in [3.8, 4) is 0 Å². The average molecular weight is 289 g/mol. The van der Waals surface area contributed by atoms with Gasteiger partial charge in [-0.15, -0.1) is 5.10 Å². The Morgan fingerprint density at radius 2 is 2.33 bits per heavy atom. The molecule has 0 aliphatic heterocycles. The summed E-state index contributed by atoms with van der Waals surface area (Å²) < 4.78 is 1.75. The van der Waals surface area contributed by atoms with E-state index in [4.69, 9.17) is 0 Å². The maximum atomic E-state index is 10.9. The van der Waals surface area contributed by atoms with E-state index in [0.717, 1.165) is 31.5 Å². The summed E-state index contributed by atoms with van der Waals surface area (Å²) in [6.07, 6.45) is 5.39. The van der Waals surface area contributed by atoms with Crippen LogP contribution >= 0.6 is 0 Å². The summed E-state index contributed by atoms with van der Waals surface area (Å²) in [5.74, 6) is 0. The summed E-state index contributed by atoms with van der Waals surface area (Å²) in [5, 5.41) is 22.0. The molecule has 1 aromatic carbocycles. The van der Waals surface area contributed by atoms with Crippen molar-refractivity contribution in [2.45, 2.75) is 32.4 Å². The lowest BCUT2D eigenvalue weighted by Crippen LogP contribution is -2.25. The molecule has 1 heterocycles. The number of nitro groups is 1. The maximum absolute atomic E-state index is 10.9. The van der Waals surface area contributed by atoms with E-state index in [9.17, 15) is 10.1 Å². The number of aromatic nitrogens is 3. The Balaban J connectivity index is 2.00. The molecule has 7 heteroatoms. The van der Waals surface area contributed by atoms with Crippen LogP contribution in [0.3, 0.4) is 0 Å². The minimum absolute atomic E-state index is 0.110. The number of hydrogen-bond acceptors (Lipinski definition) is 5. The summed E-state index contributed by atoms with van der Waals surface area (Å²) >= 11 is 0. The number of hydrogen-bond donors (Lipinski definition) is 1. The molecule has 0 amide bonds. The van der Waals surface area contributed by atoms with Crippen LogP contribution in [-0.4, -0.2) is 26.5 Å². The molecule has 21 heavy (non-hydrogen) atoms. The lowest BCUT2D eigenvalue weighted by molar-refractivity contribution is -0.384. The standard InChI is InChI=1S/C14H19N5O2/c1-2-4-14(15-7-9-18-10-8-16-17-18)12-5-3-6-13(11-12)19(20)21/h3,5-6,8,10-11,14-15H,2,4,7,9H2,1H3. The predicted molar refractivity (Wildman–Crippen MR) is 78.8 cm³/mol. The summed E-state index contributed by atoms with van der Waals surface area (Å²) in [5.41, 5.74) is 1.08. The van der Waals surface area contributed by atoms with Gasteiger partial charge < -0.3 is 5.32 Å². The van der Waals surface area contributed by atoms with Gasteiger partial charge >= 0.3 is 0 Å². The van der Waals surface area contributed by atoms with Crippen molar-refractivity contribution in [2.24, 2.45) is 0 Å². The second-order valence-corrected chi connectivity index (χ2v) is 4.81. The molecule has 112 valence electrons. The normalized spacial score (nSPS) is 12.2. The van der Waals surface area contributed by atoms with Crippen molar-refractivity contribution < 1.29 is 4.92 Å². The first-order chi connectivity index (χ1) is 10.2. The molecule has 1 N–H and O–H groups in total. The van der Waals surface area contributed by atoms with Crippen molar-refractivity contribution in [1.82, 2.24) is 20.3 Å². The van der Waals surface area contributed by atoms with Crippen molar-refractivity contribution >= 4 is 5.69 Å². The largest absolute Gasteiger partial charge is 0.308 e. The van der Waals surface area contributed by atoms with E-state index in [1.54, 1.807) is 23.0 Å². The zero-order valence-electron chi connectivity index (χ0n) is 12.0. The molecule has 0 fully saturated rings. The van der Waals surface area contributed by atoms with Gasteiger partial charge in [-0.3, -0.25) is 14.8 Å². The van der Waals surface area contributed by atoms with Crippen LogP contribution in [0.4, 0.5) is 5.69 Å². The van der Waals surface area contributed by atoms with Crippen LogP contribution in [0, 0.1) is 10.1 Å². The van der Waals surface area contributed by atoms with Crippen LogP contribution < -0.4 is 5.32 Å². The minimum Gasteiger partial charge on any atom is -0.308 e. The fourth-order valence-corrected chi connectivity index (χ4v) is 2.24. The molecule has 0 radical (unpaired) electrons. The van der Waals surface area contributed by atoms with Crippen LogP contribution in [0.15, 0.2) is 36.7 Å². The van der Waals surface area contributed by atoms with Crippen molar-refractivity contribution in [1.29, 1.82) is 0 Å². The van der Waals surface area contributed by atoms with Crippen LogP contribution in [-0.2, 0) is 6.54 Å². The lowest BCUT2D eigenvalue weighted by Gasteiger charge is -2.18. The molecule has 0 aliphatic rings. The van der Waals surface area contributed by atoms with Gasteiger partial charge in [-0.05, 0) is 12.0 Å². The van der Waals surface area contributed by atoms with Crippen molar-refractivity contribution in [3.05, 3.63) is 52.3 Å². The molecule has 2 aromatic rings. The van der Waals surface area contributed by atoms with Gasteiger partial charge in [-0.1, -0.05) is 30.7 Å². The first-order valence-electron chi connectivity index (χ1n) is 7.02. The highest BCUT2D eigenvalue weighted by molar-refractivity contribution is 5.35. The van der Waals surface area contributed by atoms with Gasteiger partial charge in [0, 0.05) is 30.9 Å². The SMILES string of the molecule is CCCC(NCCn1ccnn1)c1cccc([N+](=O)[O-])c1. The highest BCUT2D eigenvalue weighted by atomic mass is 16.6. The Morgan fingerprint density at radius 1 is 1.48 bits per heavy atom. The topological polar surface area (TPSA) is 85.9 Å². The number of rotatable bonds is 8. The van der Waals surface area contributed by atoms with Gasteiger partial charge in [-0.25, -0.2) is 0 Å². The van der Waals surface area contributed by atoms with E-state index in [0.29, 0.717) is 0 Å². The van der Waals surface area contributed by atoms with Gasteiger partial charge in [0.25, 0.3) is 5.69 Å². The zero-order valence-corrected chi connectivity index (χ0v) is 12.0. The third-order valence-corrected chi connectivity index (χ3v) is 3.26. The molecule has 0 spiro atoms. The number of non-ortho nitro benzene ring substituents is 1. The quantitative estimate of drug-likeness (QED) is 0.595. The summed E-state index contributed by atoms with van der Waals surface area (Å²) in [6, 6.07) is 6.92. The Labute approximate surface area is 123 Å². The van der Waals surface area contributed by atoms with Crippen LogP contribution in [0.1, 0.15) is 31.4 Å². The number of nitrogens with zero attached hydrogens (tertiary/aromatic N) is 4. The van der Waals surface area contributed by atoms with Gasteiger partial charge in [0.05, 0.1) is 17.7 Å². The van der Waals surface area contributed by atoms with Crippen LogP contribution in [0.25, 0.3) is 0 Å². The molecule has 0 saturated carbocycles. The highest BCUT2D eigenvalue weighted by Crippen LogP contribution is 2.22. The Bertz CT molecular complexity index is 571. The molecular weight excluding hydrogens is 270 g/mol. The second kappa shape index (κ2) is 7.49. The monoisotopic (exact) mass is 289 g/mol. The van der Waals surface area contributed by atoms with E-state index >= 15 is 0 Å². The Hall–Kier alpha value is -2.28. The molecule has 0 aliphatic carbocycles. The third kappa shape index (κ3) is 4.35. The molecule has 2 rings (SSSR count). The second-order valence-electron chi connectivity index (χ2n) is 4.81. The summed E-state index contributed by atoms with van der Waals surface area (Å²) in [4.78, 5) is 10.5. The Morgan fingerprint density at radius 3 is 3.00 bits per heavy atom. The summed E-state index contributed by atoms with van der Waals surface area (Å²) in [6.45, 7) is 3.55. The molecule has 0 saturated heterocycles. The van der Waals surface area contributed by atoms with E-state index in [1.165, 1.54) is 6.07 Å². The van der Waals surface area contributed by atoms with Gasteiger partial charge in [0.1, 0.15) is 0 Å². The first kappa shape index (κ1) is 15.1. The molecule has 1 atom stereocenters. The van der Waals surface area contributed by atoms with E-state index in [2.05, 4.69) is 22.6 Å². The number of nitrogens with one attached hydrogen (secondary N) is 1.